The number of fused-ring (bicyclic) bond motifs is 2. The van der Waals surface area contributed by atoms with Crippen molar-refractivity contribution >= 4 is 22.8 Å². The van der Waals surface area contributed by atoms with Crippen molar-refractivity contribution in [1.29, 1.82) is 0 Å². The monoisotopic (exact) mass is 498 g/mol. The highest BCUT2D eigenvalue weighted by molar-refractivity contribution is 6.06. The van der Waals surface area contributed by atoms with Gasteiger partial charge in [-0.1, -0.05) is 19.1 Å². The van der Waals surface area contributed by atoms with Gasteiger partial charge < -0.3 is 20.3 Å². The fourth-order valence-electron chi connectivity index (χ4n) is 5.92. The van der Waals surface area contributed by atoms with Gasteiger partial charge in [0, 0.05) is 42.6 Å². The molecule has 1 saturated heterocycles. The summed E-state index contributed by atoms with van der Waals surface area (Å²) in [5.74, 6) is 1.20. The van der Waals surface area contributed by atoms with Crippen LogP contribution in [-0.4, -0.2) is 60.0 Å². The molecule has 1 unspecified atom stereocenters. The summed E-state index contributed by atoms with van der Waals surface area (Å²) in [5.41, 5.74) is 7.82. The molecule has 2 N–H and O–H groups in total. The normalized spacial score (nSPS) is 23.3. The van der Waals surface area contributed by atoms with Gasteiger partial charge in [0.05, 0.1) is 29.6 Å². The van der Waals surface area contributed by atoms with E-state index in [1.807, 2.05) is 23.0 Å². The Bertz CT molecular complexity index is 1450. The molecule has 8 nitrogen and oxygen atoms in total. The second-order valence-electron chi connectivity index (χ2n) is 11.0. The van der Waals surface area contributed by atoms with Crippen LogP contribution in [0.15, 0.2) is 53.5 Å². The van der Waals surface area contributed by atoms with Crippen LogP contribution < -0.4 is 10.6 Å². The molecule has 6 rings (SSSR count). The third kappa shape index (κ3) is 4.14. The summed E-state index contributed by atoms with van der Waals surface area (Å²) < 4.78 is 7.63. The number of carbonyl (C=O) groups excluding carboxylic acids is 1. The summed E-state index contributed by atoms with van der Waals surface area (Å²) in [6.45, 7) is 7.27. The van der Waals surface area contributed by atoms with E-state index in [0.717, 1.165) is 77.6 Å². The Morgan fingerprint density at radius 3 is 2.89 bits per heavy atom. The molecular formula is C29H34N6O2. The first-order valence-corrected chi connectivity index (χ1v) is 13.0. The number of aryl methyl sites for hydroxylation is 1. The maximum absolute atomic E-state index is 13.0. The van der Waals surface area contributed by atoms with Gasteiger partial charge in [0.1, 0.15) is 5.82 Å². The zero-order chi connectivity index (χ0) is 25.7. The summed E-state index contributed by atoms with van der Waals surface area (Å²) in [6.07, 6.45) is 8.04. The highest BCUT2D eigenvalue weighted by Crippen LogP contribution is 2.42. The molecule has 1 amide bonds. The van der Waals surface area contributed by atoms with Crippen molar-refractivity contribution in [2.24, 2.45) is 16.3 Å². The fraction of sp³-hybridized carbons (Fsp3) is 0.414. The van der Waals surface area contributed by atoms with Crippen molar-refractivity contribution in [2.75, 3.05) is 39.2 Å². The highest BCUT2D eigenvalue weighted by atomic mass is 16.5. The van der Waals surface area contributed by atoms with Crippen LogP contribution in [0.4, 0.5) is 5.69 Å². The molecule has 3 aromatic rings. The van der Waals surface area contributed by atoms with Crippen molar-refractivity contribution < 1.29 is 9.53 Å². The van der Waals surface area contributed by atoms with Crippen molar-refractivity contribution in [1.82, 2.24) is 19.8 Å². The van der Waals surface area contributed by atoms with E-state index < -0.39 is 0 Å². The van der Waals surface area contributed by atoms with Crippen LogP contribution in [0.1, 0.15) is 41.3 Å². The van der Waals surface area contributed by atoms with Gasteiger partial charge in [-0.15, -0.1) is 0 Å². The van der Waals surface area contributed by atoms with Gasteiger partial charge >= 0.3 is 0 Å². The number of benzene rings is 1. The van der Waals surface area contributed by atoms with E-state index in [1.165, 1.54) is 0 Å². The lowest BCUT2D eigenvalue weighted by Gasteiger charge is -2.39. The first-order chi connectivity index (χ1) is 17.8. The second-order valence-corrected chi connectivity index (χ2v) is 11.0. The number of ether oxygens (including phenoxy) is 1. The second kappa shape index (κ2) is 9.11. The predicted octanol–water partition coefficient (Wildman–Crippen LogP) is 4.26. The van der Waals surface area contributed by atoms with Crippen molar-refractivity contribution in [3.63, 3.8) is 0 Å². The van der Waals surface area contributed by atoms with E-state index in [4.69, 9.17) is 9.73 Å². The molecule has 0 spiro atoms. The number of carbonyl (C=O) groups is 1. The summed E-state index contributed by atoms with van der Waals surface area (Å²) in [6, 6.07) is 8.26. The van der Waals surface area contributed by atoms with E-state index in [1.54, 1.807) is 0 Å². The molecule has 0 radical (unpaired) electrons. The Balaban J connectivity index is 1.35. The molecule has 2 atom stereocenters. The molecule has 3 aliphatic rings. The van der Waals surface area contributed by atoms with E-state index in [0.29, 0.717) is 18.0 Å². The number of nitrogens with one attached hydrogen (secondary N) is 2. The Hall–Kier alpha value is -3.49. The average molecular weight is 499 g/mol. The molecule has 192 valence electrons. The molecule has 0 bridgehead atoms. The van der Waals surface area contributed by atoms with Gasteiger partial charge in [-0.2, -0.15) is 5.10 Å². The Labute approximate surface area is 217 Å². The van der Waals surface area contributed by atoms with Crippen LogP contribution >= 0.6 is 0 Å². The summed E-state index contributed by atoms with van der Waals surface area (Å²) in [7, 11) is 4.16. The molecule has 3 aliphatic heterocycles. The SMILES string of the molecule is Cc1ccc2c(-c3ccc(NC4=CCC(C)([C@H]5CCOC5)C(CN(C)C)=N4)c4c3CNC4=O)cnn2c1. The van der Waals surface area contributed by atoms with Crippen LogP contribution in [0, 0.1) is 18.3 Å². The van der Waals surface area contributed by atoms with Crippen molar-refractivity contribution in [2.45, 2.75) is 33.2 Å². The number of amides is 1. The third-order valence-electron chi connectivity index (χ3n) is 8.11. The summed E-state index contributed by atoms with van der Waals surface area (Å²) in [5, 5.41) is 11.1. The van der Waals surface area contributed by atoms with Gasteiger partial charge in [-0.05, 0) is 74.7 Å². The molecule has 1 fully saturated rings. The van der Waals surface area contributed by atoms with E-state index >= 15 is 0 Å². The number of aromatic nitrogens is 2. The number of hydrogen-bond donors (Lipinski definition) is 2. The lowest BCUT2D eigenvalue weighted by atomic mass is 9.69. The number of hydrogen-bond acceptors (Lipinski definition) is 6. The first-order valence-electron chi connectivity index (χ1n) is 13.0. The van der Waals surface area contributed by atoms with Gasteiger partial charge in [-0.3, -0.25) is 4.79 Å². The Morgan fingerprint density at radius 1 is 1.24 bits per heavy atom. The van der Waals surface area contributed by atoms with E-state index in [-0.39, 0.29) is 11.3 Å². The lowest BCUT2D eigenvalue weighted by molar-refractivity contribution is 0.0966. The molecule has 0 aliphatic carbocycles. The topological polar surface area (TPSA) is 83.3 Å². The zero-order valence-electron chi connectivity index (χ0n) is 22.0. The van der Waals surface area contributed by atoms with Gasteiger partial charge in [0.2, 0.25) is 0 Å². The maximum Gasteiger partial charge on any atom is 0.254 e. The molecule has 0 saturated carbocycles. The summed E-state index contributed by atoms with van der Waals surface area (Å²) in [4.78, 5) is 20.3. The maximum atomic E-state index is 13.0. The standard InChI is InChI=1S/C29H34N6O2/c1-18-5-8-24-21(14-31-35(24)15-18)20-6-7-23(27-22(20)13-30-28(27)36)32-26-9-11-29(2,19-10-12-37-17-19)25(33-26)16-34(3)4/h5-9,14-15,19,32H,10-13,16-17H2,1-4H3,(H,30,36)/t19-,29?/m0/s1. The number of anilines is 1. The Morgan fingerprint density at radius 2 is 2.11 bits per heavy atom. The Kier molecular flexibility index (Phi) is 5.88. The van der Waals surface area contributed by atoms with Gasteiger partial charge in [0.15, 0.2) is 0 Å². The molecular weight excluding hydrogens is 464 g/mol. The number of rotatable bonds is 6. The van der Waals surface area contributed by atoms with E-state index in [2.05, 4.69) is 72.9 Å². The van der Waals surface area contributed by atoms with Crippen LogP contribution in [-0.2, 0) is 11.3 Å². The minimum atomic E-state index is -0.0616. The largest absolute Gasteiger partial charge is 0.381 e. The highest BCUT2D eigenvalue weighted by Gasteiger charge is 2.42. The van der Waals surface area contributed by atoms with Crippen LogP contribution in [0.3, 0.4) is 0 Å². The molecule has 5 heterocycles. The average Bonchev–Trinajstić information content (AvgIpc) is 3.62. The minimum Gasteiger partial charge on any atom is -0.381 e. The van der Waals surface area contributed by atoms with Crippen LogP contribution in [0.2, 0.25) is 0 Å². The number of nitrogens with zero attached hydrogens (tertiary/aromatic N) is 4. The van der Waals surface area contributed by atoms with Crippen LogP contribution in [0.25, 0.3) is 16.6 Å². The van der Waals surface area contributed by atoms with Crippen LogP contribution in [0.5, 0.6) is 0 Å². The molecule has 2 aromatic heterocycles. The number of aliphatic imine (C=N–C) groups is 1. The van der Waals surface area contributed by atoms with E-state index in [9.17, 15) is 4.79 Å². The van der Waals surface area contributed by atoms with Crippen molar-refractivity contribution in [3.8, 4) is 11.1 Å². The molecule has 37 heavy (non-hydrogen) atoms. The fourth-order valence-corrected chi connectivity index (χ4v) is 5.92. The number of allylic oxidation sites excluding steroid dienone is 1. The van der Waals surface area contributed by atoms with Gasteiger partial charge in [0.25, 0.3) is 5.91 Å². The number of pyridine rings is 1. The van der Waals surface area contributed by atoms with Gasteiger partial charge in [-0.25, -0.2) is 9.51 Å². The lowest BCUT2D eigenvalue weighted by Crippen LogP contribution is -2.43. The minimum absolute atomic E-state index is 0.0308. The quantitative estimate of drug-likeness (QED) is 0.531. The first kappa shape index (κ1) is 23.9. The summed E-state index contributed by atoms with van der Waals surface area (Å²) >= 11 is 0. The predicted molar refractivity (Wildman–Crippen MR) is 146 cm³/mol. The molecule has 1 aromatic carbocycles. The zero-order valence-corrected chi connectivity index (χ0v) is 22.0. The third-order valence-corrected chi connectivity index (χ3v) is 8.11. The molecule has 8 heteroatoms. The van der Waals surface area contributed by atoms with Crippen molar-refractivity contribution in [3.05, 3.63) is 65.2 Å². The smallest absolute Gasteiger partial charge is 0.254 e.